The van der Waals surface area contributed by atoms with Gasteiger partial charge in [0.25, 0.3) is 0 Å². The van der Waals surface area contributed by atoms with Gasteiger partial charge in [-0.15, -0.1) is 0 Å². The molecule has 1 unspecified atom stereocenters. The van der Waals surface area contributed by atoms with E-state index >= 15 is 0 Å². The van der Waals surface area contributed by atoms with Crippen molar-refractivity contribution in [1.29, 1.82) is 0 Å². The van der Waals surface area contributed by atoms with E-state index in [1.807, 2.05) is 0 Å². The van der Waals surface area contributed by atoms with Crippen molar-refractivity contribution in [1.82, 2.24) is 4.90 Å². The number of halogens is 1. The highest BCUT2D eigenvalue weighted by molar-refractivity contribution is 7.91. The van der Waals surface area contributed by atoms with Crippen LogP contribution in [-0.2, 0) is 9.84 Å². The van der Waals surface area contributed by atoms with Gasteiger partial charge in [-0.2, -0.15) is 0 Å². The molecule has 0 radical (unpaired) electrons. The molecule has 23 heavy (non-hydrogen) atoms. The second-order valence-corrected chi connectivity index (χ2v) is 7.63. The average Bonchev–Trinajstić information content (AvgIpc) is 3.03. The van der Waals surface area contributed by atoms with Crippen LogP contribution in [0.3, 0.4) is 0 Å². The highest BCUT2D eigenvalue weighted by atomic mass is 32.2. The van der Waals surface area contributed by atoms with E-state index in [9.17, 15) is 12.8 Å². The quantitative estimate of drug-likeness (QED) is 0.575. The maximum absolute atomic E-state index is 12.4. The summed E-state index contributed by atoms with van der Waals surface area (Å²) in [6.45, 7) is 2.73. The van der Waals surface area contributed by atoms with Crippen LogP contribution >= 0.6 is 0 Å². The van der Waals surface area contributed by atoms with Crippen LogP contribution in [0, 0.1) is 0 Å². The number of alkyl halides is 1. The van der Waals surface area contributed by atoms with Crippen LogP contribution in [0.2, 0.25) is 0 Å². The Kier molecular flexibility index (Phi) is 6.56. The van der Waals surface area contributed by atoms with Crippen LogP contribution in [0.4, 0.5) is 4.39 Å². The molecule has 7 heteroatoms. The van der Waals surface area contributed by atoms with Crippen LogP contribution in [0.25, 0.3) is 0 Å². The number of nitrogens with two attached hydrogens (primary N) is 1. The Morgan fingerprint density at radius 2 is 1.91 bits per heavy atom. The molecule has 1 aromatic rings. The number of benzene rings is 1. The van der Waals surface area contributed by atoms with E-state index in [-0.39, 0.29) is 12.4 Å². The van der Waals surface area contributed by atoms with Crippen molar-refractivity contribution in [3.05, 3.63) is 36.4 Å². The van der Waals surface area contributed by atoms with Crippen LogP contribution in [0.5, 0.6) is 5.75 Å². The minimum absolute atomic E-state index is 0.129. The first-order valence-electron chi connectivity index (χ1n) is 7.72. The first-order valence-corrected chi connectivity index (χ1v) is 9.37. The Morgan fingerprint density at radius 1 is 1.26 bits per heavy atom. The van der Waals surface area contributed by atoms with Crippen LogP contribution < -0.4 is 10.5 Å². The summed E-state index contributed by atoms with van der Waals surface area (Å²) in [4.78, 5) is 2.47. The zero-order valence-electron chi connectivity index (χ0n) is 13.0. The average molecular weight is 342 g/mol. The zero-order chi connectivity index (χ0) is 16.7. The Hall–Kier alpha value is -1.44. The smallest absolute Gasteiger partial charge is 0.179 e. The SMILES string of the molecule is NC(F)C=CCOc1ccc(S(=O)(=O)CCN2CCCC2)cc1. The molecule has 2 N–H and O–H groups in total. The van der Waals surface area contributed by atoms with Crippen molar-refractivity contribution in [2.75, 3.05) is 32.0 Å². The zero-order valence-corrected chi connectivity index (χ0v) is 13.8. The van der Waals surface area contributed by atoms with Gasteiger partial charge in [-0.3, -0.25) is 5.73 Å². The molecule has 1 atom stereocenters. The van der Waals surface area contributed by atoms with Gasteiger partial charge < -0.3 is 9.64 Å². The number of hydrogen-bond donors (Lipinski definition) is 1. The fourth-order valence-electron chi connectivity index (χ4n) is 2.45. The molecule has 0 aromatic heterocycles. The van der Waals surface area contributed by atoms with Gasteiger partial charge >= 0.3 is 0 Å². The molecular weight excluding hydrogens is 319 g/mol. The van der Waals surface area contributed by atoms with Gasteiger partial charge in [-0.05, 0) is 62.3 Å². The number of sulfone groups is 1. The number of ether oxygens (including phenoxy) is 1. The largest absolute Gasteiger partial charge is 0.490 e. The third-order valence-electron chi connectivity index (χ3n) is 3.72. The van der Waals surface area contributed by atoms with Gasteiger partial charge in [-0.25, -0.2) is 12.8 Å². The van der Waals surface area contributed by atoms with Crippen molar-refractivity contribution >= 4 is 9.84 Å². The molecule has 0 spiro atoms. The van der Waals surface area contributed by atoms with Crippen LogP contribution in [-0.4, -0.2) is 51.6 Å². The third-order valence-corrected chi connectivity index (χ3v) is 5.43. The summed E-state index contributed by atoms with van der Waals surface area (Å²) in [7, 11) is -3.28. The molecule has 1 aliphatic rings. The molecule has 1 fully saturated rings. The van der Waals surface area contributed by atoms with Gasteiger partial charge in [0.1, 0.15) is 12.4 Å². The lowest BCUT2D eigenvalue weighted by atomic mass is 10.3. The summed E-state index contributed by atoms with van der Waals surface area (Å²) in [5.74, 6) is 0.658. The maximum Gasteiger partial charge on any atom is 0.179 e. The number of likely N-dealkylation sites (tertiary alicyclic amines) is 1. The lowest BCUT2D eigenvalue weighted by Crippen LogP contribution is -2.26. The summed E-state index contributed by atoms with van der Waals surface area (Å²) in [5, 5.41) is 0. The van der Waals surface area contributed by atoms with E-state index in [1.165, 1.54) is 12.2 Å². The Morgan fingerprint density at radius 3 is 2.52 bits per heavy atom. The molecule has 1 aromatic carbocycles. The summed E-state index contributed by atoms with van der Waals surface area (Å²) in [5.41, 5.74) is 4.93. The predicted molar refractivity (Wildman–Crippen MR) is 87.9 cm³/mol. The monoisotopic (exact) mass is 342 g/mol. The van der Waals surface area contributed by atoms with Crippen LogP contribution in [0.15, 0.2) is 41.3 Å². The van der Waals surface area contributed by atoms with Crippen LogP contribution in [0.1, 0.15) is 12.8 Å². The number of nitrogens with zero attached hydrogens (tertiary/aromatic N) is 1. The standard InChI is InChI=1S/C16H23FN2O3S/c17-16(18)4-3-12-22-14-5-7-15(8-6-14)23(20,21)13-11-19-9-1-2-10-19/h3-8,16H,1-2,9-13,18H2. The van der Waals surface area contributed by atoms with E-state index < -0.39 is 16.1 Å². The van der Waals surface area contributed by atoms with Crippen molar-refractivity contribution in [3.8, 4) is 5.75 Å². The molecule has 1 saturated heterocycles. The molecule has 0 saturated carbocycles. The highest BCUT2D eigenvalue weighted by Gasteiger charge is 2.18. The number of hydrogen-bond acceptors (Lipinski definition) is 5. The minimum Gasteiger partial charge on any atom is -0.490 e. The van der Waals surface area contributed by atoms with Gasteiger partial charge in [0.05, 0.1) is 10.6 Å². The lowest BCUT2D eigenvalue weighted by Gasteiger charge is -2.14. The minimum atomic E-state index is -3.28. The molecule has 2 rings (SSSR count). The van der Waals surface area contributed by atoms with E-state index in [2.05, 4.69) is 4.90 Å². The normalized spacial score (nSPS) is 17.7. The summed E-state index contributed by atoms with van der Waals surface area (Å²) in [6.07, 6.45) is 3.46. The Bertz CT molecular complexity index is 609. The maximum atomic E-state index is 12.4. The first-order chi connectivity index (χ1) is 11.0. The van der Waals surface area contributed by atoms with Gasteiger partial charge in [0.15, 0.2) is 16.1 Å². The first kappa shape index (κ1) is 17.9. The predicted octanol–water partition coefficient (Wildman–Crippen LogP) is 1.75. The van der Waals surface area contributed by atoms with Crippen molar-refractivity contribution in [2.24, 2.45) is 5.73 Å². The van der Waals surface area contributed by atoms with Crippen molar-refractivity contribution < 1.29 is 17.5 Å². The van der Waals surface area contributed by atoms with Gasteiger partial charge in [0, 0.05) is 6.54 Å². The highest BCUT2D eigenvalue weighted by Crippen LogP contribution is 2.18. The molecule has 1 aliphatic heterocycles. The van der Waals surface area contributed by atoms with E-state index in [0.717, 1.165) is 25.9 Å². The van der Waals surface area contributed by atoms with Crippen molar-refractivity contribution in [2.45, 2.75) is 24.0 Å². The van der Waals surface area contributed by atoms with E-state index in [4.69, 9.17) is 10.5 Å². The molecule has 0 amide bonds. The van der Waals surface area contributed by atoms with E-state index in [0.29, 0.717) is 17.2 Å². The summed E-state index contributed by atoms with van der Waals surface area (Å²) in [6, 6.07) is 6.29. The Balaban J connectivity index is 1.87. The van der Waals surface area contributed by atoms with Gasteiger partial charge in [-0.1, -0.05) is 0 Å². The second-order valence-electron chi connectivity index (χ2n) is 5.52. The molecular formula is C16H23FN2O3S. The summed E-state index contributed by atoms with van der Waals surface area (Å²) >= 11 is 0. The molecule has 128 valence electrons. The van der Waals surface area contributed by atoms with Crippen molar-refractivity contribution in [3.63, 3.8) is 0 Å². The molecule has 5 nitrogen and oxygen atoms in total. The molecule has 1 heterocycles. The fourth-order valence-corrected chi connectivity index (χ4v) is 3.73. The topological polar surface area (TPSA) is 72.6 Å². The number of rotatable bonds is 8. The lowest BCUT2D eigenvalue weighted by molar-refractivity contribution is 0.357. The Labute approximate surface area is 136 Å². The fraction of sp³-hybridized carbons (Fsp3) is 0.500. The molecule has 0 aliphatic carbocycles. The summed E-state index contributed by atoms with van der Waals surface area (Å²) < 4.78 is 42.3. The second kappa shape index (κ2) is 8.42. The van der Waals surface area contributed by atoms with E-state index in [1.54, 1.807) is 24.3 Å². The van der Waals surface area contributed by atoms with Gasteiger partial charge in [0.2, 0.25) is 0 Å². The third kappa shape index (κ3) is 5.93. The molecule has 0 bridgehead atoms.